The first kappa shape index (κ1) is 31.1. The minimum absolute atomic E-state index is 0.0421. The van der Waals surface area contributed by atoms with E-state index in [1.165, 1.54) is 12.1 Å². The topological polar surface area (TPSA) is 106 Å². The number of carbonyl (C=O) groups excluding carboxylic acids is 1. The van der Waals surface area contributed by atoms with Crippen LogP contribution in [0.4, 0.5) is 18.9 Å². The van der Waals surface area contributed by atoms with Crippen LogP contribution in [0.3, 0.4) is 0 Å². The number of cyclic esters (lactones) is 1. The zero-order chi connectivity index (χ0) is 30.5. The van der Waals surface area contributed by atoms with Crippen molar-refractivity contribution < 1.29 is 36.2 Å². The molecule has 224 valence electrons. The molecule has 1 aromatic heterocycles. The third-order valence-corrected chi connectivity index (χ3v) is 8.68. The fraction of sp³-hybridized carbons (Fsp3) is 0.355. The Morgan fingerprint density at radius 2 is 1.79 bits per heavy atom. The highest BCUT2D eigenvalue weighted by atomic mass is 32.2. The van der Waals surface area contributed by atoms with E-state index < -0.39 is 44.3 Å². The number of rotatable bonds is 11. The summed E-state index contributed by atoms with van der Waals surface area (Å²) in [4.78, 5) is 16.9. The molecule has 1 aliphatic rings. The van der Waals surface area contributed by atoms with Crippen molar-refractivity contribution in [3.8, 4) is 0 Å². The number of aliphatic hydroxyl groups is 1. The molecule has 0 bridgehead atoms. The number of ether oxygens (including phenoxy) is 1. The first-order chi connectivity index (χ1) is 19.9. The SMILES string of the molecule is CCC[C@]1(CCc2ccccc2)CC(O)=C([C@H](CC)c2cccc(NS(=O)(=O)c3ccc(C(F)(F)F)cn3)c2)C(=O)O1. The van der Waals surface area contributed by atoms with Gasteiger partial charge in [-0.3, -0.25) is 4.72 Å². The summed E-state index contributed by atoms with van der Waals surface area (Å²) in [6, 6.07) is 17.6. The van der Waals surface area contributed by atoms with Crippen molar-refractivity contribution in [3.63, 3.8) is 0 Å². The number of anilines is 1. The number of aromatic nitrogens is 1. The van der Waals surface area contributed by atoms with Crippen molar-refractivity contribution in [2.75, 3.05) is 4.72 Å². The van der Waals surface area contributed by atoms with Crippen LogP contribution in [0.5, 0.6) is 0 Å². The Labute approximate surface area is 243 Å². The molecule has 0 spiro atoms. The number of nitrogens with one attached hydrogen (secondary N) is 1. The number of aliphatic hydroxyl groups excluding tert-OH is 1. The van der Waals surface area contributed by atoms with Crippen molar-refractivity contribution in [2.24, 2.45) is 0 Å². The van der Waals surface area contributed by atoms with E-state index in [1.54, 1.807) is 12.1 Å². The molecule has 0 amide bonds. The fourth-order valence-corrected chi connectivity index (χ4v) is 6.35. The minimum Gasteiger partial charge on any atom is -0.512 e. The number of aryl methyl sites for hydroxylation is 1. The van der Waals surface area contributed by atoms with Crippen LogP contribution >= 0.6 is 0 Å². The number of benzene rings is 2. The molecule has 0 unspecified atom stereocenters. The number of alkyl halides is 3. The first-order valence-electron chi connectivity index (χ1n) is 13.7. The Hall–Kier alpha value is -3.86. The monoisotopic (exact) mass is 602 g/mol. The number of hydrogen-bond donors (Lipinski definition) is 2. The van der Waals surface area contributed by atoms with Gasteiger partial charge in [0, 0.05) is 24.2 Å². The summed E-state index contributed by atoms with van der Waals surface area (Å²) in [5.74, 6) is -1.23. The summed E-state index contributed by atoms with van der Waals surface area (Å²) >= 11 is 0. The molecule has 42 heavy (non-hydrogen) atoms. The van der Waals surface area contributed by atoms with Gasteiger partial charge >= 0.3 is 12.1 Å². The Bertz CT molecular complexity index is 1540. The highest BCUT2D eigenvalue weighted by Gasteiger charge is 2.43. The van der Waals surface area contributed by atoms with Crippen LogP contribution in [0.25, 0.3) is 0 Å². The number of halogens is 3. The van der Waals surface area contributed by atoms with E-state index in [0.717, 1.165) is 18.1 Å². The Balaban J connectivity index is 1.57. The number of pyridine rings is 1. The van der Waals surface area contributed by atoms with Crippen LogP contribution in [-0.4, -0.2) is 30.1 Å². The highest BCUT2D eigenvalue weighted by molar-refractivity contribution is 7.92. The van der Waals surface area contributed by atoms with Gasteiger partial charge in [0.05, 0.1) is 11.1 Å². The Kier molecular flexibility index (Phi) is 9.30. The highest BCUT2D eigenvalue weighted by Crippen LogP contribution is 2.42. The van der Waals surface area contributed by atoms with Gasteiger partial charge in [0.2, 0.25) is 0 Å². The van der Waals surface area contributed by atoms with E-state index in [0.29, 0.717) is 43.5 Å². The van der Waals surface area contributed by atoms with Gasteiger partial charge in [-0.05, 0) is 61.1 Å². The largest absolute Gasteiger partial charge is 0.512 e. The predicted molar refractivity (Wildman–Crippen MR) is 152 cm³/mol. The lowest BCUT2D eigenvalue weighted by atomic mass is 9.80. The lowest BCUT2D eigenvalue weighted by Gasteiger charge is -2.38. The zero-order valence-corrected chi connectivity index (χ0v) is 24.1. The predicted octanol–water partition coefficient (Wildman–Crippen LogP) is 7.33. The number of esters is 1. The average molecular weight is 603 g/mol. The summed E-state index contributed by atoms with van der Waals surface area (Å²) < 4.78 is 72.6. The van der Waals surface area contributed by atoms with Gasteiger partial charge in [0.1, 0.15) is 11.4 Å². The van der Waals surface area contributed by atoms with E-state index in [-0.39, 0.29) is 23.4 Å². The Morgan fingerprint density at radius 3 is 2.38 bits per heavy atom. The van der Waals surface area contributed by atoms with Crippen LogP contribution in [0.15, 0.2) is 89.3 Å². The zero-order valence-electron chi connectivity index (χ0n) is 23.3. The van der Waals surface area contributed by atoms with Crippen molar-refractivity contribution in [1.82, 2.24) is 4.98 Å². The molecule has 4 rings (SSSR count). The van der Waals surface area contributed by atoms with E-state index in [9.17, 15) is 31.5 Å². The molecule has 11 heteroatoms. The van der Waals surface area contributed by atoms with Crippen LogP contribution in [0.1, 0.15) is 68.6 Å². The Morgan fingerprint density at radius 1 is 1.05 bits per heavy atom. The molecule has 3 aromatic rings. The van der Waals surface area contributed by atoms with E-state index in [2.05, 4.69) is 9.71 Å². The minimum atomic E-state index is -4.65. The maximum absolute atomic E-state index is 13.4. The van der Waals surface area contributed by atoms with Crippen molar-refractivity contribution >= 4 is 21.7 Å². The summed E-state index contributed by atoms with van der Waals surface area (Å²) in [6.45, 7) is 3.83. The van der Waals surface area contributed by atoms with Crippen molar-refractivity contribution in [2.45, 2.75) is 75.1 Å². The van der Waals surface area contributed by atoms with Crippen molar-refractivity contribution in [1.29, 1.82) is 0 Å². The van der Waals surface area contributed by atoms with E-state index in [1.807, 2.05) is 44.2 Å². The summed E-state index contributed by atoms with van der Waals surface area (Å²) in [6.07, 6.45) is -1.00. The summed E-state index contributed by atoms with van der Waals surface area (Å²) in [7, 11) is -4.30. The molecule has 0 aliphatic carbocycles. The first-order valence-corrected chi connectivity index (χ1v) is 15.2. The van der Waals surface area contributed by atoms with Gasteiger partial charge in [-0.1, -0.05) is 62.7 Å². The van der Waals surface area contributed by atoms with Crippen LogP contribution in [0.2, 0.25) is 0 Å². The standard InChI is InChI=1S/C31H33F3N2O5S/c1-3-16-30(17-15-21-9-6-5-7-10-21)19-26(37)28(29(38)41-30)25(4-2)22-11-8-12-24(18-22)36-42(39,40)27-14-13-23(20-35-27)31(32,33)34/h5-14,18,20,25,36-37H,3-4,15-17,19H2,1-2H3/t25-,30+/m1/s1. The third kappa shape index (κ3) is 7.13. The van der Waals surface area contributed by atoms with Gasteiger partial charge < -0.3 is 9.84 Å². The van der Waals surface area contributed by atoms with Gasteiger partial charge in [0.15, 0.2) is 5.03 Å². The maximum Gasteiger partial charge on any atom is 0.417 e. The second-order valence-corrected chi connectivity index (χ2v) is 12.0. The van der Waals surface area contributed by atoms with Crippen LogP contribution in [-0.2, 0) is 32.2 Å². The van der Waals surface area contributed by atoms with Gasteiger partial charge in [0.25, 0.3) is 10.0 Å². The normalized spacial score (nSPS) is 18.5. The molecule has 0 saturated carbocycles. The molecule has 0 radical (unpaired) electrons. The number of hydrogen-bond acceptors (Lipinski definition) is 6. The molecule has 0 fully saturated rings. The molecule has 7 nitrogen and oxygen atoms in total. The van der Waals surface area contributed by atoms with Gasteiger partial charge in [-0.25, -0.2) is 9.78 Å². The molecule has 2 heterocycles. The number of nitrogens with zero attached hydrogens (tertiary/aromatic N) is 1. The third-order valence-electron chi connectivity index (χ3n) is 7.38. The molecular weight excluding hydrogens is 569 g/mol. The average Bonchev–Trinajstić information content (AvgIpc) is 2.94. The fourth-order valence-electron chi connectivity index (χ4n) is 5.37. The van der Waals surface area contributed by atoms with Crippen LogP contribution in [0, 0.1) is 0 Å². The molecule has 2 N–H and O–H groups in total. The summed E-state index contributed by atoms with van der Waals surface area (Å²) in [5, 5.41) is 10.6. The van der Waals surface area contributed by atoms with Crippen molar-refractivity contribution in [3.05, 3.63) is 101 Å². The lowest BCUT2D eigenvalue weighted by molar-refractivity contribution is -0.161. The molecular formula is C31H33F3N2O5S. The molecule has 1 aliphatic heterocycles. The summed E-state index contributed by atoms with van der Waals surface area (Å²) in [5.41, 5.74) is 0.0252. The van der Waals surface area contributed by atoms with Crippen LogP contribution < -0.4 is 4.72 Å². The number of carbonyl (C=O) groups is 1. The molecule has 0 saturated heterocycles. The smallest absolute Gasteiger partial charge is 0.417 e. The lowest BCUT2D eigenvalue weighted by Crippen LogP contribution is -2.41. The van der Waals surface area contributed by atoms with Gasteiger partial charge in [-0.15, -0.1) is 0 Å². The number of sulfonamides is 1. The van der Waals surface area contributed by atoms with Gasteiger partial charge in [-0.2, -0.15) is 21.6 Å². The quantitative estimate of drug-likeness (QED) is 0.223. The van der Waals surface area contributed by atoms with E-state index in [4.69, 9.17) is 4.74 Å². The maximum atomic E-state index is 13.4. The second kappa shape index (κ2) is 12.6. The molecule has 2 aromatic carbocycles. The van der Waals surface area contributed by atoms with E-state index >= 15 is 0 Å². The molecule has 2 atom stereocenters. The second-order valence-electron chi connectivity index (χ2n) is 10.4.